The predicted octanol–water partition coefficient (Wildman–Crippen LogP) is 5.20. The van der Waals surface area contributed by atoms with Crippen molar-refractivity contribution in [2.24, 2.45) is 0 Å². The monoisotopic (exact) mass is 304 g/mol. The van der Waals surface area contributed by atoms with Crippen LogP contribution in [-0.4, -0.2) is 5.11 Å². The second-order valence-electron chi connectivity index (χ2n) is 5.53. The molecular weight excluding hydrogens is 288 g/mol. The van der Waals surface area contributed by atoms with E-state index in [-0.39, 0.29) is 0 Å². The first kappa shape index (κ1) is 14.0. The van der Waals surface area contributed by atoms with Crippen molar-refractivity contribution in [3.63, 3.8) is 0 Å². The zero-order chi connectivity index (χ0) is 14.3. The van der Waals surface area contributed by atoms with Gasteiger partial charge in [0.15, 0.2) is 0 Å². The van der Waals surface area contributed by atoms with Crippen LogP contribution < -0.4 is 0 Å². The lowest BCUT2D eigenvalue weighted by atomic mass is 9.96. The van der Waals surface area contributed by atoms with Crippen LogP contribution in [0, 0.1) is 0 Å². The number of aliphatic hydroxyl groups is 1. The third-order valence-corrected chi connectivity index (χ3v) is 5.16. The van der Waals surface area contributed by atoms with E-state index in [0.29, 0.717) is 12.3 Å². The lowest BCUT2D eigenvalue weighted by molar-refractivity contribution is 0.175. The average Bonchev–Trinajstić information content (AvgIpc) is 2.54. The largest absolute Gasteiger partial charge is 0.388 e. The summed E-state index contributed by atoms with van der Waals surface area (Å²) in [6, 6.07) is 12.3. The summed E-state index contributed by atoms with van der Waals surface area (Å²) in [6.07, 6.45) is 0.160. The molecule has 3 heteroatoms. The van der Waals surface area contributed by atoms with Gasteiger partial charge in [0, 0.05) is 21.2 Å². The van der Waals surface area contributed by atoms with E-state index >= 15 is 0 Å². The van der Waals surface area contributed by atoms with Gasteiger partial charge in [-0.1, -0.05) is 49.3 Å². The number of hydrogen-bond acceptors (Lipinski definition) is 2. The maximum absolute atomic E-state index is 10.5. The van der Waals surface area contributed by atoms with Gasteiger partial charge in [0.05, 0.1) is 6.10 Å². The molecule has 0 amide bonds. The van der Waals surface area contributed by atoms with E-state index in [2.05, 4.69) is 32.0 Å². The zero-order valence-electron chi connectivity index (χ0n) is 11.6. The molecule has 1 nitrogen and oxygen atoms in total. The lowest BCUT2D eigenvalue weighted by Gasteiger charge is -2.14. The minimum Gasteiger partial charge on any atom is -0.388 e. The molecule has 2 aromatic carbocycles. The summed E-state index contributed by atoms with van der Waals surface area (Å²) in [4.78, 5) is 2.33. The molecule has 1 aliphatic heterocycles. The molecule has 1 aliphatic rings. The highest BCUT2D eigenvalue weighted by atomic mass is 35.5. The van der Waals surface area contributed by atoms with Gasteiger partial charge in [0.2, 0.25) is 0 Å². The van der Waals surface area contributed by atoms with Crippen molar-refractivity contribution in [3.8, 4) is 0 Å². The van der Waals surface area contributed by atoms with Crippen molar-refractivity contribution >= 4 is 23.4 Å². The molecule has 1 N–H and O–H groups in total. The highest BCUT2D eigenvalue weighted by Gasteiger charge is 2.21. The number of fused-ring (bicyclic) bond motifs is 2. The topological polar surface area (TPSA) is 20.2 Å². The van der Waals surface area contributed by atoms with E-state index in [1.807, 2.05) is 18.2 Å². The van der Waals surface area contributed by atoms with E-state index in [0.717, 1.165) is 21.0 Å². The standard InChI is InChI=1S/C17H17ClOS/c1-10(2)11-3-5-17-14(8-11)15(19)9-12-7-13(18)4-6-16(12)20-17/h3-8,10,15,19H,9H2,1-2H3. The Labute approximate surface area is 129 Å². The fourth-order valence-electron chi connectivity index (χ4n) is 2.52. The van der Waals surface area contributed by atoms with Crippen molar-refractivity contribution < 1.29 is 5.11 Å². The Bertz CT molecular complexity index is 651. The van der Waals surface area contributed by atoms with Crippen molar-refractivity contribution in [3.05, 3.63) is 58.1 Å². The first-order valence-corrected chi connectivity index (χ1v) is 8.02. The van der Waals surface area contributed by atoms with Crippen LogP contribution in [0.25, 0.3) is 0 Å². The van der Waals surface area contributed by atoms with Gasteiger partial charge in [-0.2, -0.15) is 0 Å². The van der Waals surface area contributed by atoms with Crippen molar-refractivity contribution in [1.82, 2.24) is 0 Å². The molecule has 1 heterocycles. The summed E-state index contributed by atoms with van der Waals surface area (Å²) in [5.41, 5.74) is 3.43. The molecule has 0 fully saturated rings. The predicted molar refractivity (Wildman–Crippen MR) is 84.8 cm³/mol. The molecule has 104 valence electrons. The van der Waals surface area contributed by atoms with Crippen LogP contribution in [0.15, 0.2) is 46.2 Å². The molecule has 0 spiro atoms. The molecule has 3 rings (SSSR count). The van der Waals surface area contributed by atoms with Crippen LogP contribution in [-0.2, 0) is 6.42 Å². The molecular formula is C17H17ClOS. The van der Waals surface area contributed by atoms with Crippen LogP contribution in [0.3, 0.4) is 0 Å². The number of rotatable bonds is 1. The van der Waals surface area contributed by atoms with E-state index < -0.39 is 6.10 Å². The maximum Gasteiger partial charge on any atom is 0.0841 e. The fourth-order valence-corrected chi connectivity index (χ4v) is 3.81. The van der Waals surface area contributed by atoms with Gasteiger partial charge in [-0.3, -0.25) is 0 Å². The van der Waals surface area contributed by atoms with Crippen LogP contribution >= 0.6 is 23.4 Å². The minimum absolute atomic E-state index is 0.462. The van der Waals surface area contributed by atoms with Crippen LogP contribution in [0.1, 0.15) is 42.6 Å². The number of aliphatic hydroxyl groups excluding tert-OH is 1. The molecule has 1 unspecified atom stereocenters. The molecule has 20 heavy (non-hydrogen) atoms. The van der Waals surface area contributed by atoms with Crippen molar-refractivity contribution in [2.75, 3.05) is 0 Å². The summed E-state index contributed by atoms with van der Waals surface area (Å²) in [6.45, 7) is 4.35. The third kappa shape index (κ3) is 2.60. The van der Waals surface area contributed by atoms with Crippen molar-refractivity contribution in [2.45, 2.75) is 42.1 Å². The minimum atomic E-state index is -0.462. The summed E-state index contributed by atoms with van der Waals surface area (Å²) < 4.78 is 0. The molecule has 0 saturated carbocycles. The summed E-state index contributed by atoms with van der Waals surface area (Å²) in [5, 5.41) is 11.3. The Balaban J connectivity index is 2.08. The number of benzene rings is 2. The van der Waals surface area contributed by atoms with E-state index in [4.69, 9.17) is 11.6 Å². The van der Waals surface area contributed by atoms with Gasteiger partial charge in [0.25, 0.3) is 0 Å². The summed E-state index contributed by atoms with van der Waals surface area (Å²) in [5.74, 6) is 0.470. The number of hydrogen-bond donors (Lipinski definition) is 1. The Morgan fingerprint density at radius 1 is 1.15 bits per heavy atom. The summed E-state index contributed by atoms with van der Waals surface area (Å²) >= 11 is 7.78. The van der Waals surface area contributed by atoms with Gasteiger partial charge in [-0.05, 0) is 46.9 Å². The van der Waals surface area contributed by atoms with E-state index in [1.54, 1.807) is 11.8 Å². The highest BCUT2D eigenvalue weighted by Crippen LogP contribution is 2.42. The highest BCUT2D eigenvalue weighted by molar-refractivity contribution is 7.99. The third-order valence-electron chi connectivity index (χ3n) is 3.72. The molecule has 0 saturated heterocycles. The fraction of sp³-hybridized carbons (Fsp3) is 0.294. The lowest BCUT2D eigenvalue weighted by Crippen LogP contribution is -2.03. The van der Waals surface area contributed by atoms with Crippen LogP contribution in [0.5, 0.6) is 0 Å². The van der Waals surface area contributed by atoms with Crippen molar-refractivity contribution in [1.29, 1.82) is 0 Å². The Morgan fingerprint density at radius 3 is 2.65 bits per heavy atom. The van der Waals surface area contributed by atoms with Gasteiger partial charge in [0.1, 0.15) is 0 Å². The van der Waals surface area contributed by atoms with Gasteiger partial charge in [-0.15, -0.1) is 0 Å². The second-order valence-corrected chi connectivity index (χ2v) is 7.05. The maximum atomic E-state index is 10.5. The van der Waals surface area contributed by atoms with E-state index in [9.17, 15) is 5.11 Å². The first-order chi connectivity index (χ1) is 9.54. The molecule has 2 aromatic rings. The first-order valence-electron chi connectivity index (χ1n) is 6.83. The van der Waals surface area contributed by atoms with Gasteiger partial charge >= 0.3 is 0 Å². The van der Waals surface area contributed by atoms with Crippen LogP contribution in [0.2, 0.25) is 5.02 Å². The molecule has 1 atom stereocenters. The Hall–Kier alpha value is -0.960. The second kappa shape index (κ2) is 5.44. The van der Waals surface area contributed by atoms with E-state index in [1.165, 1.54) is 10.5 Å². The quantitative estimate of drug-likeness (QED) is 0.781. The summed E-state index contributed by atoms with van der Waals surface area (Å²) in [7, 11) is 0. The van der Waals surface area contributed by atoms with Crippen LogP contribution in [0.4, 0.5) is 0 Å². The normalized spacial score (nSPS) is 17.6. The Kier molecular flexibility index (Phi) is 3.80. The Morgan fingerprint density at radius 2 is 1.90 bits per heavy atom. The molecule has 0 aliphatic carbocycles. The average molecular weight is 305 g/mol. The zero-order valence-corrected chi connectivity index (χ0v) is 13.1. The molecule has 0 aromatic heterocycles. The smallest absolute Gasteiger partial charge is 0.0841 e. The van der Waals surface area contributed by atoms with Gasteiger partial charge < -0.3 is 5.11 Å². The number of halogens is 1. The molecule has 0 bridgehead atoms. The molecule has 0 radical (unpaired) electrons. The SMILES string of the molecule is CC(C)c1ccc2c(c1)C(O)Cc1cc(Cl)ccc1S2. The van der Waals surface area contributed by atoms with Gasteiger partial charge in [-0.25, -0.2) is 0 Å².